The first kappa shape index (κ1) is 20.4. The van der Waals surface area contributed by atoms with Gasteiger partial charge in [0.25, 0.3) is 0 Å². The van der Waals surface area contributed by atoms with Crippen molar-refractivity contribution in [2.45, 2.75) is 18.5 Å². The minimum Gasteiger partial charge on any atom is -0.336 e. The van der Waals surface area contributed by atoms with E-state index in [4.69, 9.17) is 0 Å². The summed E-state index contributed by atoms with van der Waals surface area (Å²) in [6.07, 6.45) is 0.916. The lowest BCUT2D eigenvalue weighted by molar-refractivity contribution is 0.107. The number of likely N-dealkylation sites (N-methyl/N-ethyl adjacent to an activating group) is 2. The van der Waals surface area contributed by atoms with E-state index in [-0.39, 0.29) is 18.1 Å². The summed E-state index contributed by atoms with van der Waals surface area (Å²) in [5, 5.41) is 3.20. The molecule has 2 aromatic rings. The summed E-state index contributed by atoms with van der Waals surface area (Å²) in [5.41, 5.74) is 2.48. The highest BCUT2D eigenvalue weighted by Gasteiger charge is 2.30. The lowest BCUT2D eigenvalue weighted by Gasteiger charge is -2.40. The second kappa shape index (κ2) is 9.71. The third-order valence-electron chi connectivity index (χ3n) is 5.56. The molecule has 1 fully saturated rings. The van der Waals surface area contributed by atoms with Gasteiger partial charge in [0.05, 0.1) is 6.04 Å². The number of rotatable bonds is 6. The molecule has 5 heteroatoms. The van der Waals surface area contributed by atoms with Crippen LogP contribution in [0.15, 0.2) is 60.7 Å². The zero-order valence-corrected chi connectivity index (χ0v) is 17.2. The van der Waals surface area contributed by atoms with Crippen molar-refractivity contribution in [1.29, 1.82) is 0 Å². The van der Waals surface area contributed by atoms with Crippen molar-refractivity contribution in [2.24, 2.45) is 0 Å². The first-order valence-electron chi connectivity index (χ1n) is 10.0. The van der Waals surface area contributed by atoms with Gasteiger partial charge >= 0.3 is 6.03 Å². The smallest absolute Gasteiger partial charge is 0.318 e. The summed E-state index contributed by atoms with van der Waals surface area (Å²) < 4.78 is 0. The Balaban J connectivity index is 1.64. The van der Waals surface area contributed by atoms with Gasteiger partial charge in [-0.2, -0.15) is 0 Å². The number of piperazine rings is 1. The van der Waals surface area contributed by atoms with E-state index in [1.807, 2.05) is 29.2 Å². The Labute approximate surface area is 168 Å². The number of hydrogen-bond donors (Lipinski definition) is 1. The molecule has 3 rings (SSSR count). The van der Waals surface area contributed by atoms with Gasteiger partial charge in [-0.3, -0.25) is 0 Å². The van der Waals surface area contributed by atoms with E-state index in [0.717, 1.165) is 26.1 Å². The highest BCUT2D eigenvalue weighted by molar-refractivity contribution is 5.75. The number of nitrogens with one attached hydrogen (secondary N) is 1. The third-order valence-corrected chi connectivity index (χ3v) is 5.56. The first-order chi connectivity index (χ1) is 13.5. The van der Waals surface area contributed by atoms with Crippen molar-refractivity contribution >= 4 is 6.03 Å². The molecule has 0 radical (unpaired) electrons. The molecule has 0 aromatic heterocycles. The van der Waals surface area contributed by atoms with E-state index < -0.39 is 0 Å². The van der Waals surface area contributed by atoms with Gasteiger partial charge in [-0.05, 0) is 38.7 Å². The maximum atomic E-state index is 13.0. The number of carbonyl (C=O) groups excluding carboxylic acids is 1. The van der Waals surface area contributed by atoms with Crippen molar-refractivity contribution < 1.29 is 4.79 Å². The van der Waals surface area contributed by atoms with Crippen molar-refractivity contribution in [3.8, 4) is 0 Å². The molecule has 1 saturated heterocycles. The monoisotopic (exact) mass is 380 g/mol. The van der Waals surface area contributed by atoms with Crippen LogP contribution in [0.2, 0.25) is 0 Å². The highest BCUT2D eigenvalue weighted by atomic mass is 16.2. The average Bonchev–Trinajstić information content (AvgIpc) is 2.72. The molecule has 2 atom stereocenters. The first-order valence-corrected chi connectivity index (χ1v) is 10.0. The number of urea groups is 1. The molecule has 0 saturated carbocycles. The Morgan fingerprint density at radius 2 is 1.71 bits per heavy atom. The van der Waals surface area contributed by atoms with Gasteiger partial charge < -0.3 is 20.0 Å². The molecule has 2 aromatic carbocycles. The van der Waals surface area contributed by atoms with Crippen LogP contribution in [0.1, 0.15) is 17.2 Å². The number of nitrogens with zero attached hydrogens (tertiary/aromatic N) is 3. The maximum absolute atomic E-state index is 13.0. The van der Waals surface area contributed by atoms with E-state index in [1.54, 1.807) is 0 Å². The van der Waals surface area contributed by atoms with Crippen molar-refractivity contribution in [2.75, 3.05) is 47.3 Å². The average molecular weight is 381 g/mol. The predicted octanol–water partition coefficient (Wildman–Crippen LogP) is 2.86. The molecule has 1 aliphatic rings. The summed E-state index contributed by atoms with van der Waals surface area (Å²) in [5.74, 6) is 0. The molecular weight excluding hydrogens is 348 g/mol. The normalized spacial score (nSPS) is 18.9. The van der Waals surface area contributed by atoms with Crippen LogP contribution in [0.4, 0.5) is 4.79 Å². The topological polar surface area (TPSA) is 38.8 Å². The molecule has 0 spiro atoms. The Kier molecular flexibility index (Phi) is 7.06. The molecule has 28 heavy (non-hydrogen) atoms. The van der Waals surface area contributed by atoms with Gasteiger partial charge in [0.2, 0.25) is 0 Å². The van der Waals surface area contributed by atoms with E-state index in [1.165, 1.54) is 11.1 Å². The lowest BCUT2D eigenvalue weighted by Crippen LogP contribution is -2.54. The van der Waals surface area contributed by atoms with Crippen LogP contribution in [0.25, 0.3) is 0 Å². The van der Waals surface area contributed by atoms with Crippen LogP contribution in [-0.2, 0) is 6.42 Å². The zero-order valence-electron chi connectivity index (χ0n) is 17.2. The molecule has 1 aliphatic heterocycles. The van der Waals surface area contributed by atoms with Gasteiger partial charge in [-0.15, -0.1) is 0 Å². The van der Waals surface area contributed by atoms with E-state index in [0.29, 0.717) is 6.54 Å². The summed E-state index contributed by atoms with van der Waals surface area (Å²) in [4.78, 5) is 19.5. The van der Waals surface area contributed by atoms with Crippen LogP contribution in [-0.4, -0.2) is 74.1 Å². The fourth-order valence-electron chi connectivity index (χ4n) is 3.75. The van der Waals surface area contributed by atoms with E-state index >= 15 is 0 Å². The SMILES string of the molecule is CN1CCN(C(=O)NCC(Cc2ccccc2)N(C)C)C(c2ccccc2)C1. The van der Waals surface area contributed by atoms with Crippen LogP contribution < -0.4 is 5.32 Å². The van der Waals surface area contributed by atoms with Crippen molar-refractivity contribution in [3.63, 3.8) is 0 Å². The molecule has 2 amide bonds. The second-order valence-corrected chi connectivity index (χ2v) is 7.88. The number of amides is 2. The largest absolute Gasteiger partial charge is 0.336 e. The molecule has 1 heterocycles. The summed E-state index contributed by atoms with van der Waals surface area (Å²) in [6.45, 7) is 3.14. The lowest BCUT2D eigenvalue weighted by atomic mass is 10.0. The Bertz CT molecular complexity index is 735. The van der Waals surface area contributed by atoms with Gasteiger partial charge in [0.1, 0.15) is 0 Å². The second-order valence-electron chi connectivity index (χ2n) is 7.88. The minimum atomic E-state index is 0.0295. The third kappa shape index (κ3) is 5.33. The van der Waals surface area contributed by atoms with E-state index in [9.17, 15) is 4.79 Å². The predicted molar refractivity (Wildman–Crippen MR) is 114 cm³/mol. The summed E-state index contributed by atoms with van der Waals surface area (Å²) >= 11 is 0. The quantitative estimate of drug-likeness (QED) is 0.838. The van der Waals surface area contributed by atoms with Crippen molar-refractivity contribution in [1.82, 2.24) is 20.0 Å². The standard InChI is InChI=1S/C23H32N4O/c1-25(2)21(16-19-10-6-4-7-11-19)17-24-23(28)27-15-14-26(3)18-22(27)20-12-8-5-9-13-20/h4-13,21-22H,14-18H2,1-3H3,(H,24,28). The maximum Gasteiger partial charge on any atom is 0.318 e. The molecule has 2 unspecified atom stereocenters. The fourth-order valence-corrected chi connectivity index (χ4v) is 3.75. The van der Waals surface area contributed by atoms with Crippen LogP contribution >= 0.6 is 0 Å². The van der Waals surface area contributed by atoms with Crippen LogP contribution in [0, 0.1) is 0 Å². The van der Waals surface area contributed by atoms with Gasteiger partial charge in [0, 0.05) is 32.2 Å². The van der Waals surface area contributed by atoms with E-state index in [2.05, 4.69) is 72.7 Å². The number of carbonyl (C=O) groups is 1. The Morgan fingerprint density at radius 3 is 2.36 bits per heavy atom. The number of hydrogen-bond acceptors (Lipinski definition) is 3. The molecule has 0 bridgehead atoms. The fraction of sp³-hybridized carbons (Fsp3) is 0.435. The summed E-state index contributed by atoms with van der Waals surface area (Å²) in [7, 11) is 6.26. The minimum absolute atomic E-state index is 0.0295. The van der Waals surface area contributed by atoms with Crippen LogP contribution in [0.5, 0.6) is 0 Å². The van der Waals surface area contributed by atoms with Gasteiger partial charge in [0.15, 0.2) is 0 Å². The molecule has 0 aliphatic carbocycles. The van der Waals surface area contributed by atoms with Crippen molar-refractivity contribution in [3.05, 3.63) is 71.8 Å². The number of benzene rings is 2. The molecule has 150 valence electrons. The van der Waals surface area contributed by atoms with Crippen LogP contribution in [0.3, 0.4) is 0 Å². The molecule has 5 nitrogen and oxygen atoms in total. The Morgan fingerprint density at radius 1 is 1.07 bits per heavy atom. The van der Waals surface area contributed by atoms with Gasteiger partial charge in [-0.1, -0.05) is 60.7 Å². The highest BCUT2D eigenvalue weighted by Crippen LogP contribution is 2.24. The van der Waals surface area contributed by atoms with Gasteiger partial charge in [-0.25, -0.2) is 4.79 Å². The Hall–Kier alpha value is -2.37. The molecular formula is C23H32N4O. The molecule has 1 N–H and O–H groups in total. The summed E-state index contributed by atoms with van der Waals surface area (Å²) in [6, 6.07) is 21.2. The zero-order chi connectivity index (χ0) is 19.9.